The number of nitrogens with one attached hydrogen (secondary N) is 2. The van der Waals surface area contributed by atoms with Crippen molar-refractivity contribution in [2.24, 2.45) is 0 Å². The van der Waals surface area contributed by atoms with Gasteiger partial charge in [-0.25, -0.2) is 0 Å². The Labute approximate surface area is 132 Å². The highest BCUT2D eigenvalue weighted by atomic mass is 32.1. The Hall–Kier alpha value is -1.62. The molecule has 4 nitrogen and oxygen atoms in total. The van der Waals surface area contributed by atoms with E-state index in [1.54, 1.807) is 4.90 Å². The Morgan fingerprint density at radius 2 is 1.76 bits per heavy atom. The first-order valence-electron chi connectivity index (χ1n) is 7.56. The summed E-state index contributed by atoms with van der Waals surface area (Å²) in [5.41, 5.74) is 1.59. The van der Waals surface area contributed by atoms with E-state index < -0.39 is 0 Å². The molecule has 0 unspecified atom stereocenters. The summed E-state index contributed by atoms with van der Waals surface area (Å²) in [6.45, 7) is 8.43. The average Bonchev–Trinajstić information content (AvgIpc) is 2.49. The van der Waals surface area contributed by atoms with E-state index in [2.05, 4.69) is 17.6 Å². The molecular formula is C16H25N3OS. The van der Waals surface area contributed by atoms with Gasteiger partial charge >= 0.3 is 0 Å². The fourth-order valence-corrected chi connectivity index (χ4v) is 2.16. The molecule has 1 aromatic rings. The Kier molecular flexibility index (Phi) is 7.75. The van der Waals surface area contributed by atoms with Crippen molar-refractivity contribution < 1.29 is 4.79 Å². The number of anilines is 1. The molecular weight excluding hydrogens is 282 g/mol. The van der Waals surface area contributed by atoms with Crippen LogP contribution < -0.4 is 10.6 Å². The minimum Gasteiger partial charge on any atom is -0.362 e. The van der Waals surface area contributed by atoms with E-state index in [1.165, 1.54) is 0 Å². The molecule has 0 saturated heterocycles. The van der Waals surface area contributed by atoms with Gasteiger partial charge in [0.2, 0.25) is 0 Å². The number of unbranched alkanes of at least 4 members (excludes halogenated alkanes) is 1. The number of amides is 1. The minimum absolute atomic E-state index is 0.0650. The van der Waals surface area contributed by atoms with Crippen molar-refractivity contribution in [3.63, 3.8) is 0 Å². The lowest BCUT2D eigenvalue weighted by Crippen LogP contribution is -2.30. The Balaban J connectivity index is 2.57. The van der Waals surface area contributed by atoms with Crippen LogP contribution in [0.5, 0.6) is 0 Å². The van der Waals surface area contributed by atoms with Crippen molar-refractivity contribution in [1.82, 2.24) is 10.2 Å². The highest BCUT2D eigenvalue weighted by molar-refractivity contribution is 7.80. The molecule has 0 aliphatic rings. The molecule has 1 amide bonds. The second-order valence-corrected chi connectivity index (χ2v) is 5.20. The average molecular weight is 307 g/mol. The molecule has 0 aromatic heterocycles. The van der Waals surface area contributed by atoms with Crippen LogP contribution in [0.2, 0.25) is 0 Å². The maximum Gasteiger partial charge on any atom is 0.253 e. The van der Waals surface area contributed by atoms with Crippen LogP contribution in [0, 0.1) is 0 Å². The number of thiocarbonyl (C=S) groups is 1. The molecule has 0 atom stereocenters. The van der Waals surface area contributed by atoms with E-state index in [0.717, 1.165) is 38.2 Å². The summed E-state index contributed by atoms with van der Waals surface area (Å²) in [5, 5.41) is 6.89. The van der Waals surface area contributed by atoms with Gasteiger partial charge < -0.3 is 15.5 Å². The van der Waals surface area contributed by atoms with Crippen LogP contribution >= 0.6 is 12.2 Å². The molecule has 0 heterocycles. The van der Waals surface area contributed by atoms with Gasteiger partial charge in [0.1, 0.15) is 0 Å². The van der Waals surface area contributed by atoms with Crippen LogP contribution in [-0.2, 0) is 0 Å². The number of nitrogens with zero attached hydrogens (tertiary/aromatic N) is 1. The van der Waals surface area contributed by atoms with Crippen LogP contribution in [0.4, 0.5) is 5.69 Å². The van der Waals surface area contributed by atoms with Gasteiger partial charge in [-0.15, -0.1) is 0 Å². The highest BCUT2D eigenvalue weighted by Gasteiger charge is 2.11. The number of carbonyl (C=O) groups excluding carboxylic acids is 1. The quantitative estimate of drug-likeness (QED) is 0.599. The van der Waals surface area contributed by atoms with Crippen molar-refractivity contribution in [3.8, 4) is 0 Å². The molecule has 1 rings (SSSR count). The summed E-state index contributed by atoms with van der Waals surface area (Å²) in [4.78, 5) is 14.0. The van der Waals surface area contributed by atoms with E-state index in [0.29, 0.717) is 10.7 Å². The molecule has 0 bridgehead atoms. The predicted molar refractivity (Wildman–Crippen MR) is 92.8 cm³/mol. The Bertz CT molecular complexity index is 455. The van der Waals surface area contributed by atoms with Gasteiger partial charge in [-0.05, 0) is 56.8 Å². The van der Waals surface area contributed by atoms with Gasteiger partial charge in [-0.2, -0.15) is 0 Å². The Morgan fingerprint density at radius 1 is 1.14 bits per heavy atom. The number of carbonyl (C=O) groups is 1. The van der Waals surface area contributed by atoms with E-state index in [4.69, 9.17) is 12.2 Å². The number of hydrogen-bond acceptors (Lipinski definition) is 2. The maximum atomic E-state index is 12.2. The molecule has 0 fully saturated rings. The van der Waals surface area contributed by atoms with E-state index in [9.17, 15) is 4.79 Å². The molecule has 0 aliphatic carbocycles. The first-order valence-corrected chi connectivity index (χ1v) is 7.97. The number of hydrogen-bond donors (Lipinski definition) is 2. The van der Waals surface area contributed by atoms with E-state index in [1.807, 2.05) is 38.1 Å². The highest BCUT2D eigenvalue weighted by Crippen LogP contribution is 2.11. The van der Waals surface area contributed by atoms with E-state index >= 15 is 0 Å². The SMILES string of the molecule is CCCCNC(=S)Nc1ccc(C(=O)N(CC)CC)cc1. The summed E-state index contributed by atoms with van der Waals surface area (Å²) in [5.74, 6) is 0.0650. The van der Waals surface area contributed by atoms with Crippen molar-refractivity contribution >= 4 is 28.9 Å². The Morgan fingerprint density at radius 3 is 2.29 bits per heavy atom. The lowest BCUT2D eigenvalue weighted by atomic mass is 10.2. The topological polar surface area (TPSA) is 44.4 Å². The molecule has 2 N–H and O–H groups in total. The summed E-state index contributed by atoms with van der Waals surface area (Å²) in [6.07, 6.45) is 2.23. The minimum atomic E-state index is 0.0650. The van der Waals surface area contributed by atoms with Gasteiger partial charge in [0, 0.05) is 30.9 Å². The van der Waals surface area contributed by atoms with Crippen LogP contribution in [-0.4, -0.2) is 35.6 Å². The predicted octanol–water partition coefficient (Wildman–Crippen LogP) is 3.26. The van der Waals surface area contributed by atoms with Crippen molar-refractivity contribution in [3.05, 3.63) is 29.8 Å². The fourth-order valence-electron chi connectivity index (χ4n) is 1.94. The first-order chi connectivity index (χ1) is 10.1. The lowest BCUT2D eigenvalue weighted by molar-refractivity contribution is 0.0773. The van der Waals surface area contributed by atoms with Crippen molar-refractivity contribution in [1.29, 1.82) is 0 Å². The lowest BCUT2D eigenvalue weighted by Gasteiger charge is -2.18. The standard InChI is InChI=1S/C16H25N3OS/c1-4-7-12-17-16(21)18-14-10-8-13(9-11-14)15(20)19(5-2)6-3/h8-11H,4-7,12H2,1-3H3,(H2,17,18,21). The van der Waals surface area contributed by atoms with Crippen LogP contribution in [0.25, 0.3) is 0 Å². The van der Waals surface area contributed by atoms with Gasteiger partial charge in [0.05, 0.1) is 0 Å². The molecule has 5 heteroatoms. The van der Waals surface area contributed by atoms with Gasteiger partial charge in [0.15, 0.2) is 5.11 Å². The molecule has 0 radical (unpaired) electrons. The molecule has 1 aromatic carbocycles. The third-order valence-corrected chi connectivity index (χ3v) is 3.50. The number of rotatable bonds is 7. The second-order valence-electron chi connectivity index (χ2n) is 4.79. The summed E-state index contributed by atoms with van der Waals surface area (Å²) >= 11 is 5.22. The van der Waals surface area contributed by atoms with Crippen LogP contribution in [0.3, 0.4) is 0 Å². The molecule has 21 heavy (non-hydrogen) atoms. The largest absolute Gasteiger partial charge is 0.362 e. The molecule has 0 saturated carbocycles. The summed E-state index contributed by atoms with van der Waals surface area (Å²) in [6, 6.07) is 7.42. The summed E-state index contributed by atoms with van der Waals surface area (Å²) in [7, 11) is 0. The van der Waals surface area contributed by atoms with E-state index in [-0.39, 0.29) is 5.91 Å². The normalized spacial score (nSPS) is 10.0. The number of benzene rings is 1. The molecule has 0 spiro atoms. The van der Waals surface area contributed by atoms with Gasteiger partial charge in [0.25, 0.3) is 5.91 Å². The first kappa shape index (κ1) is 17.4. The zero-order valence-electron chi connectivity index (χ0n) is 13.1. The third kappa shape index (κ3) is 5.71. The third-order valence-electron chi connectivity index (χ3n) is 3.26. The second kappa shape index (κ2) is 9.34. The molecule has 0 aliphatic heterocycles. The van der Waals surface area contributed by atoms with Crippen LogP contribution in [0.1, 0.15) is 44.0 Å². The monoisotopic (exact) mass is 307 g/mol. The summed E-state index contributed by atoms with van der Waals surface area (Å²) < 4.78 is 0. The zero-order chi connectivity index (χ0) is 15.7. The van der Waals surface area contributed by atoms with Gasteiger partial charge in [-0.3, -0.25) is 4.79 Å². The molecule has 116 valence electrons. The van der Waals surface area contributed by atoms with Crippen LogP contribution in [0.15, 0.2) is 24.3 Å². The zero-order valence-corrected chi connectivity index (χ0v) is 13.9. The van der Waals surface area contributed by atoms with Crippen molar-refractivity contribution in [2.75, 3.05) is 25.0 Å². The van der Waals surface area contributed by atoms with Gasteiger partial charge in [-0.1, -0.05) is 13.3 Å². The smallest absolute Gasteiger partial charge is 0.253 e. The maximum absolute atomic E-state index is 12.2. The fraction of sp³-hybridized carbons (Fsp3) is 0.500. The van der Waals surface area contributed by atoms with Crippen molar-refractivity contribution in [2.45, 2.75) is 33.6 Å².